The summed E-state index contributed by atoms with van der Waals surface area (Å²) < 4.78 is 13.3. The van der Waals surface area contributed by atoms with E-state index in [1.165, 1.54) is 5.69 Å². The van der Waals surface area contributed by atoms with E-state index in [1.54, 1.807) is 6.26 Å². The fourth-order valence-electron chi connectivity index (χ4n) is 1.73. The molecular weight excluding hydrogens is 234 g/mol. The summed E-state index contributed by atoms with van der Waals surface area (Å²) in [4.78, 5) is 4.20. The van der Waals surface area contributed by atoms with Crippen molar-refractivity contribution in [1.82, 2.24) is 14.9 Å². The molecule has 98 valence electrons. The minimum Gasteiger partial charge on any atom is -0.331 e. The molecule has 1 heterocycles. The average Bonchev–Trinajstić information content (AvgIpc) is 2.74. The number of hydrogen-bond acceptors (Lipinski definition) is 3. The van der Waals surface area contributed by atoms with Crippen molar-refractivity contribution in [3.8, 4) is 0 Å². The first kappa shape index (κ1) is 14.4. The summed E-state index contributed by atoms with van der Waals surface area (Å²) in [6, 6.07) is 0.361. The van der Waals surface area contributed by atoms with Crippen molar-refractivity contribution in [2.45, 2.75) is 39.3 Å². The van der Waals surface area contributed by atoms with Gasteiger partial charge in [0, 0.05) is 41.6 Å². The maximum atomic E-state index is 11.1. The number of hydrogen-bond donors (Lipinski definition) is 1. The fraction of sp³-hybridized carbons (Fsp3) is 0.750. The molecule has 0 saturated carbocycles. The molecule has 2 unspecified atom stereocenters. The highest BCUT2D eigenvalue weighted by atomic mass is 32.2. The highest BCUT2D eigenvalue weighted by Gasteiger charge is 2.09. The van der Waals surface area contributed by atoms with Gasteiger partial charge in [0.05, 0.1) is 12.0 Å². The van der Waals surface area contributed by atoms with Gasteiger partial charge in [-0.3, -0.25) is 4.21 Å². The lowest BCUT2D eigenvalue weighted by Gasteiger charge is -2.16. The third-order valence-corrected chi connectivity index (χ3v) is 3.59. The molecule has 1 N–H and O–H groups in total. The van der Waals surface area contributed by atoms with Crippen molar-refractivity contribution in [3.05, 3.63) is 18.2 Å². The third kappa shape index (κ3) is 5.00. The zero-order valence-electron chi connectivity index (χ0n) is 11.0. The highest BCUT2D eigenvalue weighted by molar-refractivity contribution is 7.84. The van der Waals surface area contributed by atoms with Gasteiger partial charge < -0.3 is 9.88 Å². The Hall–Kier alpha value is -0.680. The Bertz CT molecular complexity index is 351. The molecule has 5 heteroatoms. The van der Waals surface area contributed by atoms with Crippen LogP contribution < -0.4 is 5.32 Å². The molecular formula is C12H23N3OS. The number of rotatable bonds is 8. The molecule has 4 nitrogen and oxygen atoms in total. The van der Waals surface area contributed by atoms with Crippen LogP contribution in [-0.2, 0) is 17.3 Å². The van der Waals surface area contributed by atoms with E-state index in [1.807, 2.05) is 12.5 Å². The molecule has 0 aliphatic carbocycles. The first-order valence-corrected chi connectivity index (χ1v) is 7.89. The lowest BCUT2D eigenvalue weighted by molar-refractivity contribution is 0.501. The Morgan fingerprint density at radius 3 is 3.00 bits per heavy atom. The quantitative estimate of drug-likeness (QED) is 0.721. The SMILES string of the molecule is CCCNCc1cncn1C(C)CCS(C)=O. The molecule has 17 heavy (non-hydrogen) atoms. The van der Waals surface area contributed by atoms with Gasteiger partial charge in [-0.15, -0.1) is 0 Å². The molecule has 2 atom stereocenters. The number of nitrogens with one attached hydrogen (secondary N) is 1. The smallest absolute Gasteiger partial charge is 0.0951 e. The van der Waals surface area contributed by atoms with Crippen LogP contribution in [0, 0.1) is 0 Å². The average molecular weight is 257 g/mol. The topological polar surface area (TPSA) is 46.9 Å². The van der Waals surface area contributed by atoms with E-state index in [9.17, 15) is 4.21 Å². The molecule has 0 aliphatic rings. The van der Waals surface area contributed by atoms with Crippen LogP contribution in [-0.4, -0.2) is 32.3 Å². The first-order chi connectivity index (χ1) is 8.15. The molecule has 0 saturated heterocycles. The summed E-state index contributed by atoms with van der Waals surface area (Å²) in [6.07, 6.45) is 7.59. The fourth-order valence-corrected chi connectivity index (χ4v) is 2.41. The molecule has 0 aromatic carbocycles. The summed E-state index contributed by atoms with van der Waals surface area (Å²) in [6.45, 7) is 6.19. The van der Waals surface area contributed by atoms with Gasteiger partial charge in [0.1, 0.15) is 0 Å². The minimum atomic E-state index is -0.711. The molecule has 1 aromatic rings. The van der Waals surface area contributed by atoms with Gasteiger partial charge in [-0.1, -0.05) is 6.92 Å². The van der Waals surface area contributed by atoms with Crippen molar-refractivity contribution in [2.75, 3.05) is 18.6 Å². The van der Waals surface area contributed by atoms with E-state index in [2.05, 4.69) is 28.7 Å². The maximum Gasteiger partial charge on any atom is 0.0951 e. The zero-order valence-corrected chi connectivity index (χ0v) is 11.8. The van der Waals surface area contributed by atoms with E-state index in [-0.39, 0.29) is 0 Å². The Morgan fingerprint density at radius 1 is 1.59 bits per heavy atom. The van der Waals surface area contributed by atoms with Gasteiger partial charge >= 0.3 is 0 Å². The van der Waals surface area contributed by atoms with Crippen LogP contribution in [0.5, 0.6) is 0 Å². The molecule has 0 amide bonds. The third-order valence-electron chi connectivity index (χ3n) is 2.78. The second-order valence-electron chi connectivity index (χ2n) is 4.38. The van der Waals surface area contributed by atoms with Gasteiger partial charge in [-0.05, 0) is 26.3 Å². The van der Waals surface area contributed by atoms with Crippen LogP contribution in [0.4, 0.5) is 0 Å². The van der Waals surface area contributed by atoms with E-state index >= 15 is 0 Å². The van der Waals surface area contributed by atoms with Crippen LogP contribution in [0.1, 0.15) is 38.4 Å². The molecule has 1 aromatic heterocycles. The summed E-state index contributed by atoms with van der Waals surface area (Å²) >= 11 is 0. The van der Waals surface area contributed by atoms with E-state index in [0.717, 1.165) is 31.7 Å². The number of nitrogens with zero attached hydrogens (tertiary/aromatic N) is 2. The Kier molecular flexibility index (Phi) is 6.44. The van der Waals surface area contributed by atoms with Crippen molar-refractivity contribution in [1.29, 1.82) is 0 Å². The summed E-state index contributed by atoms with van der Waals surface area (Å²) in [5.41, 5.74) is 1.20. The largest absolute Gasteiger partial charge is 0.331 e. The van der Waals surface area contributed by atoms with E-state index in [4.69, 9.17) is 0 Å². The molecule has 0 aliphatic heterocycles. The molecule has 0 bridgehead atoms. The van der Waals surface area contributed by atoms with Gasteiger partial charge in [-0.2, -0.15) is 0 Å². The van der Waals surface area contributed by atoms with Crippen LogP contribution in [0.25, 0.3) is 0 Å². The number of imidazole rings is 1. The van der Waals surface area contributed by atoms with Crippen molar-refractivity contribution >= 4 is 10.8 Å². The molecule has 0 spiro atoms. The summed E-state index contributed by atoms with van der Waals surface area (Å²) in [5, 5.41) is 3.38. The summed E-state index contributed by atoms with van der Waals surface area (Å²) in [7, 11) is -0.711. The maximum absolute atomic E-state index is 11.1. The molecule has 0 radical (unpaired) electrons. The molecule has 1 rings (SSSR count). The van der Waals surface area contributed by atoms with Crippen molar-refractivity contribution < 1.29 is 4.21 Å². The standard InChI is InChI=1S/C12H23N3OS/c1-4-6-13-8-12-9-14-10-15(12)11(2)5-7-17(3)16/h9-11,13H,4-8H2,1-3H3. The van der Waals surface area contributed by atoms with E-state index in [0.29, 0.717) is 6.04 Å². The van der Waals surface area contributed by atoms with Gasteiger partial charge in [0.15, 0.2) is 0 Å². The van der Waals surface area contributed by atoms with Crippen molar-refractivity contribution in [3.63, 3.8) is 0 Å². The van der Waals surface area contributed by atoms with E-state index < -0.39 is 10.8 Å². The lowest BCUT2D eigenvalue weighted by Crippen LogP contribution is -2.18. The predicted molar refractivity (Wildman–Crippen MR) is 72.5 cm³/mol. The summed E-state index contributed by atoms with van der Waals surface area (Å²) in [5.74, 6) is 0.751. The molecule has 0 fully saturated rings. The van der Waals surface area contributed by atoms with Crippen LogP contribution in [0.15, 0.2) is 12.5 Å². The second-order valence-corrected chi connectivity index (χ2v) is 5.94. The Balaban J connectivity index is 2.51. The number of aromatic nitrogens is 2. The van der Waals surface area contributed by atoms with Crippen molar-refractivity contribution in [2.24, 2.45) is 0 Å². The minimum absolute atomic E-state index is 0.361. The monoisotopic (exact) mass is 257 g/mol. The Labute approximate surface area is 106 Å². The zero-order chi connectivity index (χ0) is 12.7. The van der Waals surface area contributed by atoms with Gasteiger partial charge in [-0.25, -0.2) is 4.98 Å². The second kappa shape index (κ2) is 7.61. The Morgan fingerprint density at radius 2 is 2.35 bits per heavy atom. The predicted octanol–water partition coefficient (Wildman–Crippen LogP) is 1.71. The lowest BCUT2D eigenvalue weighted by atomic mass is 10.2. The van der Waals surface area contributed by atoms with Crippen LogP contribution >= 0.6 is 0 Å². The normalized spacial score (nSPS) is 14.8. The van der Waals surface area contributed by atoms with Crippen LogP contribution in [0.2, 0.25) is 0 Å². The van der Waals surface area contributed by atoms with Gasteiger partial charge in [0.25, 0.3) is 0 Å². The van der Waals surface area contributed by atoms with Gasteiger partial charge in [0.2, 0.25) is 0 Å². The first-order valence-electron chi connectivity index (χ1n) is 6.16. The van der Waals surface area contributed by atoms with Crippen LogP contribution in [0.3, 0.4) is 0 Å². The highest BCUT2D eigenvalue weighted by Crippen LogP contribution is 2.14.